The summed E-state index contributed by atoms with van der Waals surface area (Å²) in [6.45, 7) is 3.85. The van der Waals surface area contributed by atoms with Crippen LogP contribution < -0.4 is 11.1 Å². The Balaban J connectivity index is 1.43. The minimum Gasteiger partial charge on any atom is -0.481 e. The van der Waals surface area contributed by atoms with Gasteiger partial charge in [0.25, 0.3) is 5.91 Å². The molecule has 0 radical (unpaired) electrons. The number of carbonyl (C=O) groups excluding carboxylic acids is 2. The van der Waals surface area contributed by atoms with Gasteiger partial charge in [0.15, 0.2) is 5.13 Å². The van der Waals surface area contributed by atoms with Crippen molar-refractivity contribution in [2.75, 3.05) is 30.9 Å². The van der Waals surface area contributed by atoms with Gasteiger partial charge in [0, 0.05) is 29.6 Å². The monoisotopic (exact) mass is 542 g/mol. The number of hydrogen-bond acceptors (Lipinski definition) is 14. The number of nitrogen functional groups attached to an aromatic ring is 1. The Morgan fingerprint density at radius 1 is 1.46 bits per heavy atom. The van der Waals surface area contributed by atoms with Crippen LogP contribution in [0.4, 0.5) is 5.13 Å². The molecule has 2 amide bonds. The van der Waals surface area contributed by atoms with Crippen molar-refractivity contribution in [3.63, 3.8) is 0 Å². The molecule has 2 saturated heterocycles. The molecule has 188 valence electrons. The number of fused-ring (bicyclic) bond motifs is 1. The number of oxime groups is 1. The van der Waals surface area contributed by atoms with E-state index >= 15 is 0 Å². The van der Waals surface area contributed by atoms with E-state index in [9.17, 15) is 19.5 Å². The molecule has 15 nitrogen and oxygen atoms in total. The van der Waals surface area contributed by atoms with E-state index in [0.717, 1.165) is 11.5 Å². The van der Waals surface area contributed by atoms with Crippen LogP contribution in [0, 0.1) is 5.41 Å². The minimum atomic E-state index is -1.20. The molecule has 0 aliphatic carbocycles. The summed E-state index contributed by atoms with van der Waals surface area (Å²) in [5, 5.41) is 28.1. The van der Waals surface area contributed by atoms with Crippen LogP contribution in [-0.2, 0) is 19.2 Å². The van der Waals surface area contributed by atoms with Crippen LogP contribution in [0.25, 0.3) is 0 Å². The quantitative estimate of drug-likeness (QED) is 0.155. The third kappa shape index (κ3) is 4.76. The standard InChI is InChI=1S/C17H22N10O5S3/c1-7(2)27-16(21-24-25-27)34-6-17(14(30)31)4-26-12(29)9(13(26)33-5-17)19-11(28)8(22-32-3)10-20-15(18)35-23-10/h7,9,13H,4-6H2,1-3H3,(H,19,28)(H,30,31)(H2,18,20,23)/t9?,13-,17?/m1/s1. The average Bonchev–Trinajstić information content (AvgIpc) is 3.48. The number of aliphatic carboxylic acids is 1. The lowest BCUT2D eigenvalue weighted by molar-refractivity contribution is -0.157. The van der Waals surface area contributed by atoms with Gasteiger partial charge in [0.2, 0.25) is 22.6 Å². The molecule has 2 fully saturated rings. The van der Waals surface area contributed by atoms with E-state index in [0.29, 0.717) is 5.16 Å². The molecule has 0 aromatic carbocycles. The van der Waals surface area contributed by atoms with Crippen LogP contribution in [0.15, 0.2) is 10.3 Å². The predicted octanol–water partition coefficient (Wildman–Crippen LogP) is -0.699. The Morgan fingerprint density at radius 3 is 2.86 bits per heavy atom. The SMILES string of the molecule is CON=C(C(=O)NC1C(=O)N2CC(CSc3nnnn3C(C)C)(C(=O)O)CS[C@H]12)c1nsc(N)n1. The van der Waals surface area contributed by atoms with Gasteiger partial charge in [0.05, 0.1) is 6.04 Å². The fourth-order valence-electron chi connectivity index (χ4n) is 3.53. The van der Waals surface area contributed by atoms with E-state index in [-0.39, 0.29) is 46.7 Å². The summed E-state index contributed by atoms with van der Waals surface area (Å²) in [4.78, 5) is 48.0. The van der Waals surface area contributed by atoms with Gasteiger partial charge in [-0.15, -0.1) is 16.9 Å². The lowest BCUT2D eigenvalue weighted by Crippen LogP contribution is -2.74. The maximum atomic E-state index is 12.9. The largest absolute Gasteiger partial charge is 0.481 e. The second kappa shape index (κ2) is 9.94. The zero-order chi connectivity index (χ0) is 25.3. The van der Waals surface area contributed by atoms with Crippen LogP contribution in [-0.4, -0.2) is 99.6 Å². The van der Waals surface area contributed by atoms with Gasteiger partial charge in [-0.05, 0) is 24.3 Å². The molecule has 2 aliphatic rings. The molecular weight excluding hydrogens is 520 g/mol. The van der Waals surface area contributed by atoms with Crippen molar-refractivity contribution in [3.05, 3.63) is 5.82 Å². The number of anilines is 1. The van der Waals surface area contributed by atoms with Crippen LogP contribution >= 0.6 is 35.1 Å². The van der Waals surface area contributed by atoms with Gasteiger partial charge >= 0.3 is 5.97 Å². The molecule has 2 aliphatic heterocycles. The second-order valence-electron chi connectivity index (χ2n) is 8.07. The van der Waals surface area contributed by atoms with Crippen molar-refractivity contribution in [2.24, 2.45) is 10.6 Å². The number of hydrogen-bond donors (Lipinski definition) is 3. The molecule has 0 bridgehead atoms. The molecule has 2 aromatic rings. The number of β-lactam (4-membered cyclic amide) rings is 1. The Morgan fingerprint density at radius 2 is 2.23 bits per heavy atom. The first-order valence-electron chi connectivity index (χ1n) is 10.2. The Hall–Kier alpha value is -2.99. The van der Waals surface area contributed by atoms with Crippen molar-refractivity contribution in [2.45, 2.75) is 36.5 Å². The Labute approximate surface area is 211 Å². The number of rotatable bonds is 9. The summed E-state index contributed by atoms with van der Waals surface area (Å²) in [5.41, 5.74) is 4.16. The second-order valence-corrected chi connectivity index (χ2v) is 10.9. The number of nitrogens with one attached hydrogen (secondary N) is 1. The number of aromatic nitrogens is 6. The number of tetrazole rings is 1. The van der Waals surface area contributed by atoms with Gasteiger partial charge in [-0.25, -0.2) is 4.68 Å². The third-order valence-electron chi connectivity index (χ3n) is 5.37. The summed E-state index contributed by atoms with van der Waals surface area (Å²) >= 11 is 3.42. The minimum absolute atomic E-state index is 0.00460. The molecule has 4 heterocycles. The molecule has 2 unspecified atom stereocenters. The number of nitrogens with two attached hydrogens (primary N) is 1. The molecule has 2 aromatic heterocycles. The summed E-state index contributed by atoms with van der Waals surface area (Å²) in [6.07, 6.45) is 0. The van der Waals surface area contributed by atoms with Crippen molar-refractivity contribution in [1.29, 1.82) is 0 Å². The van der Waals surface area contributed by atoms with E-state index in [2.05, 4.69) is 35.4 Å². The summed E-state index contributed by atoms with van der Waals surface area (Å²) in [6, 6.07) is -0.833. The van der Waals surface area contributed by atoms with E-state index < -0.39 is 28.7 Å². The van der Waals surface area contributed by atoms with Crippen molar-refractivity contribution >= 4 is 63.7 Å². The maximum Gasteiger partial charge on any atom is 0.313 e. The van der Waals surface area contributed by atoms with E-state index in [1.807, 2.05) is 13.8 Å². The van der Waals surface area contributed by atoms with Gasteiger partial charge in [0.1, 0.15) is 23.9 Å². The highest BCUT2D eigenvalue weighted by Gasteiger charge is 2.57. The normalized spacial score (nSPS) is 24.2. The summed E-state index contributed by atoms with van der Waals surface area (Å²) < 4.78 is 5.57. The molecular formula is C17H22N10O5S3. The number of nitrogens with zero attached hydrogens (tertiary/aromatic N) is 8. The van der Waals surface area contributed by atoms with Gasteiger partial charge < -0.3 is 25.9 Å². The van der Waals surface area contributed by atoms with Gasteiger partial charge in [-0.3, -0.25) is 14.4 Å². The number of amides is 2. The fraction of sp³-hybridized carbons (Fsp3) is 0.588. The number of carbonyl (C=O) groups is 3. The van der Waals surface area contributed by atoms with Crippen LogP contribution in [0.5, 0.6) is 0 Å². The fourth-order valence-corrected chi connectivity index (χ4v) is 6.83. The van der Waals surface area contributed by atoms with Crippen molar-refractivity contribution < 1.29 is 24.3 Å². The van der Waals surface area contributed by atoms with Crippen LogP contribution in [0.2, 0.25) is 0 Å². The number of thioether (sulfide) groups is 2. The average molecular weight is 543 g/mol. The van der Waals surface area contributed by atoms with Gasteiger partial charge in [-0.2, -0.15) is 9.36 Å². The highest BCUT2D eigenvalue weighted by molar-refractivity contribution is 8.00. The first kappa shape index (κ1) is 25.1. The summed E-state index contributed by atoms with van der Waals surface area (Å²) in [7, 11) is 1.26. The lowest BCUT2D eigenvalue weighted by Gasteiger charge is -2.53. The van der Waals surface area contributed by atoms with Gasteiger partial charge in [-0.1, -0.05) is 16.9 Å². The first-order valence-corrected chi connectivity index (χ1v) is 13.1. The third-order valence-corrected chi connectivity index (χ3v) is 8.72. The van der Waals surface area contributed by atoms with E-state index in [1.54, 1.807) is 4.68 Å². The van der Waals surface area contributed by atoms with E-state index in [1.165, 1.54) is 35.5 Å². The van der Waals surface area contributed by atoms with Crippen LogP contribution in [0.1, 0.15) is 25.7 Å². The van der Waals surface area contributed by atoms with E-state index in [4.69, 9.17) is 10.6 Å². The summed E-state index contributed by atoms with van der Waals surface area (Å²) in [5.74, 6) is -1.70. The highest BCUT2D eigenvalue weighted by atomic mass is 32.2. The topological polar surface area (TPSA) is 204 Å². The molecule has 35 heavy (non-hydrogen) atoms. The first-order chi connectivity index (χ1) is 16.7. The highest BCUT2D eigenvalue weighted by Crippen LogP contribution is 2.44. The molecule has 3 atom stereocenters. The number of carboxylic acids is 1. The molecule has 0 saturated carbocycles. The predicted molar refractivity (Wildman–Crippen MR) is 127 cm³/mol. The Bertz CT molecular complexity index is 1170. The zero-order valence-electron chi connectivity index (χ0n) is 18.8. The number of carboxylic acid groups (broad SMARTS) is 1. The molecule has 4 rings (SSSR count). The van der Waals surface area contributed by atoms with Crippen LogP contribution in [0.3, 0.4) is 0 Å². The van der Waals surface area contributed by atoms with Crippen molar-refractivity contribution in [3.8, 4) is 0 Å². The Kier molecular flexibility index (Phi) is 7.13. The lowest BCUT2D eigenvalue weighted by atomic mass is 9.89. The smallest absolute Gasteiger partial charge is 0.313 e. The molecule has 4 N–H and O–H groups in total. The van der Waals surface area contributed by atoms with Crippen molar-refractivity contribution in [1.82, 2.24) is 39.8 Å². The molecule has 18 heteroatoms. The maximum absolute atomic E-state index is 12.9. The zero-order valence-corrected chi connectivity index (χ0v) is 21.3. The molecule has 0 spiro atoms.